The van der Waals surface area contributed by atoms with E-state index < -0.39 is 0 Å². The van der Waals surface area contributed by atoms with Crippen molar-refractivity contribution in [3.63, 3.8) is 0 Å². The molecule has 0 spiro atoms. The van der Waals surface area contributed by atoms with Gasteiger partial charge < -0.3 is 9.47 Å². The van der Waals surface area contributed by atoms with Crippen LogP contribution in [0.25, 0.3) is 0 Å². The van der Waals surface area contributed by atoms with Gasteiger partial charge in [0.25, 0.3) is 0 Å². The molecule has 0 bridgehead atoms. The smallest absolute Gasteiger partial charge is 0.132 e. The average molecular weight is 144 g/mol. The summed E-state index contributed by atoms with van der Waals surface area (Å²) >= 11 is 0. The van der Waals surface area contributed by atoms with Crippen LogP contribution in [0.1, 0.15) is 13.3 Å². The van der Waals surface area contributed by atoms with Crippen molar-refractivity contribution in [2.24, 2.45) is 0 Å². The number of carbonyl (C=O) groups is 1. The third-order valence-electron chi connectivity index (χ3n) is 1.42. The topological polar surface area (TPSA) is 35.5 Å². The molecule has 0 unspecified atom stereocenters. The summed E-state index contributed by atoms with van der Waals surface area (Å²) in [7, 11) is 0. The first kappa shape index (κ1) is 7.69. The quantitative estimate of drug-likeness (QED) is 0.572. The molecule has 0 aromatic rings. The molecule has 3 heteroatoms. The van der Waals surface area contributed by atoms with E-state index in [1.54, 1.807) is 6.92 Å². The first-order valence-corrected chi connectivity index (χ1v) is 3.48. The third-order valence-corrected chi connectivity index (χ3v) is 1.42. The molecule has 1 aliphatic heterocycles. The Morgan fingerprint density at radius 2 is 2.40 bits per heavy atom. The molecule has 0 aromatic heterocycles. The molecule has 1 rings (SSSR count). The second-order valence-corrected chi connectivity index (χ2v) is 2.48. The van der Waals surface area contributed by atoms with Crippen molar-refractivity contribution in [3.8, 4) is 0 Å². The molecule has 1 saturated heterocycles. The second-order valence-electron chi connectivity index (χ2n) is 2.48. The molecule has 0 aromatic carbocycles. The largest absolute Gasteiger partial charge is 0.376 e. The second kappa shape index (κ2) is 3.68. The lowest BCUT2D eigenvalue weighted by Crippen LogP contribution is -2.36. The van der Waals surface area contributed by atoms with E-state index in [4.69, 9.17) is 9.47 Å². The van der Waals surface area contributed by atoms with Crippen LogP contribution in [0.2, 0.25) is 0 Å². The molecule has 1 heterocycles. The molecule has 0 saturated carbocycles. The van der Waals surface area contributed by atoms with Crippen molar-refractivity contribution >= 4 is 5.78 Å². The van der Waals surface area contributed by atoms with Crippen LogP contribution in [0.3, 0.4) is 0 Å². The number of rotatable bonds is 4. The van der Waals surface area contributed by atoms with E-state index >= 15 is 0 Å². The number of hydrogen-bond donors (Lipinski definition) is 0. The highest BCUT2D eigenvalue weighted by atomic mass is 16.6. The monoisotopic (exact) mass is 144 g/mol. The molecule has 10 heavy (non-hydrogen) atoms. The van der Waals surface area contributed by atoms with Crippen molar-refractivity contribution in [2.75, 3.05) is 19.8 Å². The summed E-state index contributed by atoms with van der Waals surface area (Å²) in [6.07, 6.45) is 0.774. The fourth-order valence-corrected chi connectivity index (χ4v) is 0.680. The van der Waals surface area contributed by atoms with Crippen molar-refractivity contribution in [3.05, 3.63) is 0 Å². The molecule has 0 atom stereocenters. The van der Waals surface area contributed by atoms with Crippen LogP contribution >= 0.6 is 0 Å². The van der Waals surface area contributed by atoms with E-state index in [-0.39, 0.29) is 11.9 Å². The molecule has 0 radical (unpaired) electrons. The van der Waals surface area contributed by atoms with Crippen LogP contribution in [0.15, 0.2) is 0 Å². The van der Waals surface area contributed by atoms with Crippen LogP contribution < -0.4 is 0 Å². The lowest BCUT2D eigenvalue weighted by molar-refractivity contribution is -0.135. The van der Waals surface area contributed by atoms with Crippen LogP contribution in [0, 0.1) is 0 Å². The summed E-state index contributed by atoms with van der Waals surface area (Å²) in [5.74, 6) is 0.181. The fourth-order valence-electron chi connectivity index (χ4n) is 0.680. The summed E-state index contributed by atoms with van der Waals surface area (Å²) in [4.78, 5) is 10.4. The Morgan fingerprint density at radius 3 is 2.80 bits per heavy atom. The van der Waals surface area contributed by atoms with Gasteiger partial charge in [0, 0.05) is 6.42 Å². The van der Waals surface area contributed by atoms with Gasteiger partial charge in [-0.15, -0.1) is 0 Å². The van der Waals surface area contributed by atoms with Gasteiger partial charge in [0.05, 0.1) is 19.8 Å². The first-order valence-electron chi connectivity index (χ1n) is 3.48. The standard InChI is InChI=1S/C7H12O3/c1-6(8)2-3-10-7-4-9-5-7/h7H,2-5H2,1H3. The van der Waals surface area contributed by atoms with E-state index in [0.29, 0.717) is 26.2 Å². The maximum atomic E-state index is 10.4. The zero-order chi connectivity index (χ0) is 7.40. The Balaban J connectivity index is 1.89. The van der Waals surface area contributed by atoms with Crippen molar-refractivity contribution in [1.29, 1.82) is 0 Å². The summed E-state index contributed by atoms with van der Waals surface area (Å²) < 4.78 is 10.1. The Morgan fingerprint density at radius 1 is 1.70 bits per heavy atom. The van der Waals surface area contributed by atoms with E-state index in [9.17, 15) is 4.79 Å². The van der Waals surface area contributed by atoms with Gasteiger partial charge in [-0.1, -0.05) is 0 Å². The predicted octanol–water partition coefficient (Wildman–Crippen LogP) is 0.381. The maximum Gasteiger partial charge on any atom is 0.132 e. The number of hydrogen-bond acceptors (Lipinski definition) is 3. The Kier molecular flexibility index (Phi) is 2.83. The predicted molar refractivity (Wildman–Crippen MR) is 35.9 cm³/mol. The first-order chi connectivity index (χ1) is 4.79. The molecule has 0 aliphatic carbocycles. The van der Waals surface area contributed by atoms with Gasteiger partial charge in [-0.05, 0) is 6.92 Å². The van der Waals surface area contributed by atoms with E-state index in [2.05, 4.69) is 0 Å². The molecular formula is C7H12O3. The Labute approximate surface area is 60.3 Å². The highest BCUT2D eigenvalue weighted by molar-refractivity contribution is 5.75. The number of ether oxygens (including phenoxy) is 2. The summed E-state index contributed by atoms with van der Waals surface area (Å²) in [5.41, 5.74) is 0. The van der Waals surface area contributed by atoms with Crippen LogP contribution in [-0.2, 0) is 14.3 Å². The molecule has 3 nitrogen and oxygen atoms in total. The highest BCUT2D eigenvalue weighted by Crippen LogP contribution is 2.05. The minimum atomic E-state index is 0.181. The summed E-state index contributed by atoms with van der Waals surface area (Å²) in [6.45, 7) is 3.50. The van der Waals surface area contributed by atoms with Gasteiger partial charge in [0.2, 0.25) is 0 Å². The molecule has 1 fully saturated rings. The molecule has 0 N–H and O–H groups in total. The van der Waals surface area contributed by atoms with E-state index in [1.165, 1.54) is 0 Å². The Bertz CT molecular complexity index is 118. The van der Waals surface area contributed by atoms with Crippen LogP contribution in [0.4, 0.5) is 0 Å². The van der Waals surface area contributed by atoms with Crippen molar-refractivity contribution in [1.82, 2.24) is 0 Å². The van der Waals surface area contributed by atoms with E-state index in [0.717, 1.165) is 0 Å². The zero-order valence-corrected chi connectivity index (χ0v) is 6.13. The minimum absolute atomic E-state index is 0.181. The lowest BCUT2D eigenvalue weighted by Gasteiger charge is -2.25. The minimum Gasteiger partial charge on any atom is -0.376 e. The normalized spacial score (nSPS) is 18.5. The lowest BCUT2D eigenvalue weighted by atomic mass is 10.3. The number of Topliss-reactive ketones (excluding diaryl/α,β-unsaturated/α-hetero) is 1. The van der Waals surface area contributed by atoms with Gasteiger partial charge in [-0.2, -0.15) is 0 Å². The van der Waals surface area contributed by atoms with Gasteiger partial charge in [0.1, 0.15) is 11.9 Å². The summed E-state index contributed by atoms with van der Waals surface area (Å²) in [5, 5.41) is 0. The van der Waals surface area contributed by atoms with Gasteiger partial charge in [-0.3, -0.25) is 4.79 Å². The van der Waals surface area contributed by atoms with Gasteiger partial charge in [-0.25, -0.2) is 0 Å². The third kappa shape index (κ3) is 2.45. The van der Waals surface area contributed by atoms with Gasteiger partial charge >= 0.3 is 0 Å². The zero-order valence-electron chi connectivity index (χ0n) is 6.13. The average Bonchev–Trinajstić information content (AvgIpc) is 1.75. The van der Waals surface area contributed by atoms with Gasteiger partial charge in [0.15, 0.2) is 0 Å². The molecule has 1 aliphatic rings. The molecule has 0 amide bonds. The highest BCUT2D eigenvalue weighted by Gasteiger charge is 2.18. The number of ketones is 1. The van der Waals surface area contributed by atoms with Crippen LogP contribution in [-0.4, -0.2) is 31.7 Å². The molecular weight excluding hydrogens is 132 g/mol. The van der Waals surface area contributed by atoms with E-state index in [1.807, 2.05) is 0 Å². The maximum absolute atomic E-state index is 10.4. The molecule has 58 valence electrons. The number of carbonyl (C=O) groups excluding carboxylic acids is 1. The fraction of sp³-hybridized carbons (Fsp3) is 0.857. The van der Waals surface area contributed by atoms with Crippen LogP contribution in [0.5, 0.6) is 0 Å². The summed E-state index contributed by atoms with van der Waals surface area (Å²) in [6, 6.07) is 0. The van der Waals surface area contributed by atoms with Crippen molar-refractivity contribution < 1.29 is 14.3 Å². The Hall–Kier alpha value is -0.410. The SMILES string of the molecule is CC(=O)CCOC1COC1. The van der Waals surface area contributed by atoms with Crippen molar-refractivity contribution in [2.45, 2.75) is 19.4 Å².